The number of hydrogen-bond donors (Lipinski definition) is 1. The fourth-order valence-corrected chi connectivity index (χ4v) is 3.30. The third-order valence-electron chi connectivity index (χ3n) is 4.80. The quantitative estimate of drug-likeness (QED) is 0.465. The maximum absolute atomic E-state index is 12.4. The largest absolute Gasteiger partial charge is 0.468 e. The Bertz CT molecular complexity index is 1100. The monoisotopic (exact) mass is 464 g/mol. The maximum atomic E-state index is 12.4. The minimum Gasteiger partial charge on any atom is -0.468 e. The Hall–Kier alpha value is -3.21. The van der Waals surface area contributed by atoms with Crippen LogP contribution >= 0.6 is 0 Å². The van der Waals surface area contributed by atoms with Gasteiger partial charge in [-0.15, -0.1) is 0 Å². The van der Waals surface area contributed by atoms with E-state index in [-0.39, 0.29) is 18.2 Å². The molecule has 0 unspecified atom stereocenters. The van der Waals surface area contributed by atoms with Crippen LogP contribution < -0.4 is 10.1 Å². The van der Waals surface area contributed by atoms with Crippen molar-refractivity contribution in [1.29, 1.82) is 0 Å². The van der Waals surface area contributed by atoms with Crippen molar-refractivity contribution in [2.45, 2.75) is 32.5 Å². The Kier molecular flexibility index (Phi) is 7.85. The van der Waals surface area contributed by atoms with Crippen LogP contribution in [0.5, 0.6) is 5.88 Å². The van der Waals surface area contributed by atoms with E-state index in [0.717, 1.165) is 23.9 Å². The lowest BCUT2D eigenvalue weighted by atomic mass is 10.2. The summed E-state index contributed by atoms with van der Waals surface area (Å²) in [5.41, 5.74) is 2.60. The summed E-state index contributed by atoms with van der Waals surface area (Å²) in [7, 11) is 3.97. The highest BCUT2D eigenvalue weighted by atomic mass is 19.4. The zero-order valence-electron chi connectivity index (χ0n) is 18.8. The van der Waals surface area contributed by atoms with E-state index in [1.54, 1.807) is 36.1 Å². The summed E-state index contributed by atoms with van der Waals surface area (Å²) in [4.78, 5) is 22.7. The lowest BCUT2D eigenvalue weighted by Crippen LogP contribution is -2.28. The maximum Gasteiger partial charge on any atom is 0.422 e. The number of rotatable bonds is 10. The Morgan fingerprint density at radius 3 is 2.76 bits per heavy atom. The Balaban J connectivity index is 1.65. The minimum absolute atomic E-state index is 0.0511. The van der Waals surface area contributed by atoms with E-state index < -0.39 is 12.8 Å². The highest BCUT2D eigenvalue weighted by molar-refractivity contribution is 5.86. The number of ether oxygens (including phenoxy) is 1. The molecular weight excluding hydrogens is 437 g/mol. The average molecular weight is 464 g/mol. The second kappa shape index (κ2) is 10.6. The van der Waals surface area contributed by atoms with Crippen molar-refractivity contribution >= 4 is 16.8 Å². The van der Waals surface area contributed by atoms with E-state index in [0.29, 0.717) is 29.9 Å². The van der Waals surface area contributed by atoms with Crippen LogP contribution in [0.15, 0.2) is 30.7 Å². The van der Waals surface area contributed by atoms with Gasteiger partial charge in [0.2, 0.25) is 11.8 Å². The van der Waals surface area contributed by atoms with Gasteiger partial charge in [-0.05, 0) is 51.7 Å². The van der Waals surface area contributed by atoms with E-state index in [2.05, 4.69) is 25.3 Å². The molecule has 178 valence electrons. The van der Waals surface area contributed by atoms with Gasteiger partial charge in [0.25, 0.3) is 0 Å². The molecule has 0 bridgehead atoms. The molecule has 0 aromatic carbocycles. The van der Waals surface area contributed by atoms with Gasteiger partial charge in [-0.3, -0.25) is 14.5 Å². The number of hydrogen-bond acceptors (Lipinski definition) is 6. The van der Waals surface area contributed by atoms with Crippen LogP contribution in [-0.2, 0) is 17.8 Å². The topological polar surface area (TPSA) is 85.2 Å². The predicted octanol–water partition coefficient (Wildman–Crippen LogP) is 2.73. The predicted molar refractivity (Wildman–Crippen MR) is 117 cm³/mol. The summed E-state index contributed by atoms with van der Waals surface area (Å²) in [5, 5.41) is 8.20. The fourth-order valence-electron chi connectivity index (χ4n) is 3.30. The van der Waals surface area contributed by atoms with Crippen LogP contribution in [0.2, 0.25) is 0 Å². The van der Waals surface area contributed by atoms with Crippen molar-refractivity contribution in [3.8, 4) is 5.88 Å². The molecule has 0 aliphatic heterocycles. The van der Waals surface area contributed by atoms with Crippen molar-refractivity contribution in [2.24, 2.45) is 0 Å². The van der Waals surface area contributed by atoms with Crippen molar-refractivity contribution in [3.63, 3.8) is 0 Å². The van der Waals surface area contributed by atoms with Crippen molar-refractivity contribution in [3.05, 3.63) is 47.5 Å². The van der Waals surface area contributed by atoms with Gasteiger partial charge < -0.3 is 15.0 Å². The minimum atomic E-state index is -4.42. The molecule has 33 heavy (non-hydrogen) atoms. The Morgan fingerprint density at radius 2 is 2.06 bits per heavy atom. The lowest BCUT2D eigenvalue weighted by Gasteiger charge is -2.11. The van der Waals surface area contributed by atoms with Gasteiger partial charge in [0.1, 0.15) is 0 Å². The summed E-state index contributed by atoms with van der Waals surface area (Å²) in [6.45, 7) is 2.11. The number of fused-ring (bicyclic) bond motifs is 1. The van der Waals surface area contributed by atoms with E-state index in [1.807, 2.05) is 14.1 Å². The van der Waals surface area contributed by atoms with Crippen molar-refractivity contribution in [1.82, 2.24) is 30.0 Å². The van der Waals surface area contributed by atoms with Gasteiger partial charge in [-0.25, -0.2) is 4.98 Å². The molecule has 0 fully saturated rings. The van der Waals surface area contributed by atoms with Gasteiger partial charge in [-0.2, -0.15) is 18.3 Å². The number of carbonyl (C=O) groups is 1. The van der Waals surface area contributed by atoms with Crippen LogP contribution in [0.4, 0.5) is 13.2 Å². The van der Waals surface area contributed by atoms with Gasteiger partial charge in [0.15, 0.2) is 6.61 Å². The number of alkyl halides is 3. The van der Waals surface area contributed by atoms with Gasteiger partial charge in [-0.1, -0.05) is 0 Å². The number of amides is 1. The number of carbonyl (C=O) groups excluding carboxylic acids is 1. The summed E-state index contributed by atoms with van der Waals surface area (Å²) in [5.74, 6) is -0.152. The number of aryl methyl sites for hydroxylation is 1. The number of pyridine rings is 2. The molecule has 1 N–H and O–H groups in total. The molecule has 11 heteroatoms. The highest BCUT2D eigenvalue weighted by Gasteiger charge is 2.29. The number of nitrogens with one attached hydrogen (secondary N) is 1. The van der Waals surface area contributed by atoms with E-state index in [9.17, 15) is 18.0 Å². The van der Waals surface area contributed by atoms with Crippen LogP contribution in [0.3, 0.4) is 0 Å². The molecule has 0 aliphatic carbocycles. The Morgan fingerprint density at radius 1 is 1.27 bits per heavy atom. The summed E-state index contributed by atoms with van der Waals surface area (Å²) < 4.78 is 43.5. The molecule has 1 amide bonds. The first-order chi connectivity index (χ1) is 15.6. The molecule has 3 heterocycles. The van der Waals surface area contributed by atoms with E-state index in [1.165, 1.54) is 6.20 Å². The lowest BCUT2D eigenvalue weighted by molar-refractivity contribution is -0.154. The first-order valence-electron chi connectivity index (χ1n) is 10.5. The smallest absolute Gasteiger partial charge is 0.422 e. The second-order valence-electron chi connectivity index (χ2n) is 8.07. The van der Waals surface area contributed by atoms with E-state index >= 15 is 0 Å². The second-order valence-corrected chi connectivity index (χ2v) is 8.07. The molecule has 0 spiro atoms. The highest BCUT2D eigenvalue weighted by Crippen LogP contribution is 2.21. The summed E-state index contributed by atoms with van der Waals surface area (Å²) in [6.07, 6.45) is 1.48. The normalized spacial score (nSPS) is 11.8. The van der Waals surface area contributed by atoms with E-state index in [4.69, 9.17) is 4.74 Å². The molecule has 0 saturated carbocycles. The zero-order chi connectivity index (χ0) is 24.0. The first kappa shape index (κ1) is 24.4. The summed E-state index contributed by atoms with van der Waals surface area (Å²) in [6, 6.07) is 3.48. The molecular formula is C22H27F3N6O2. The number of aromatic nitrogens is 4. The van der Waals surface area contributed by atoms with Crippen molar-refractivity contribution in [2.75, 3.05) is 33.8 Å². The van der Waals surface area contributed by atoms with Crippen LogP contribution in [0.25, 0.3) is 10.9 Å². The van der Waals surface area contributed by atoms with Crippen LogP contribution in [0.1, 0.15) is 23.2 Å². The zero-order valence-corrected chi connectivity index (χ0v) is 18.8. The van der Waals surface area contributed by atoms with Crippen molar-refractivity contribution < 1.29 is 22.7 Å². The number of halogens is 3. The van der Waals surface area contributed by atoms with Gasteiger partial charge >= 0.3 is 6.18 Å². The molecule has 0 saturated heterocycles. The van der Waals surface area contributed by atoms with Crippen LogP contribution in [0, 0.1) is 6.92 Å². The molecule has 0 radical (unpaired) electrons. The third kappa shape index (κ3) is 7.41. The Labute approximate surface area is 189 Å². The molecule has 3 rings (SSSR count). The SMILES string of the molecule is Cc1cc(Cn2cc3c(CC(=O)NCCCN(C)C)nccc3n2)cnc1OCC(F)(F)F. The van der Waals surface area contributed by atoms with Gasteiger partial charge in [0, 0.05) is 36.1 Å². The molecule has 8 nitrogen and oxygen atoms in total. The standard InChI is InChI=1S/C22H27F3N6O2/c1-15-9-16(11-28-21(15)33-14-22(23,24)25)12-31-13-17-18(29-31)5-7-26-19(17)10-20(32)27-6-4-8-30(2)3/h5,7,9,11,13H,4,6,8,10,12,14H2,1-3H3,(H,27,32). The average Bonchev–Trinajstić information content (AvgIpc) is 3.13. The summed E-state index contributed by atoms with van der Waals surface area (Å²) >= 11 is 0. The molecule has 3 aromatic rings. The van der Waals surface area contributed by atoms with Gasteiger partial charge in [0.05, 0.1) is 24.2 Å². The molecule has 0 aliphatic rings. The first-order valence-corrected chi connectivity index (χ1v) is 10.5. The van der Waals surface area contributed by atoms with Crippen LogP contribution in [-0.4, -0.2) is 70.5 Å². The third-order valence-corrected chi connectivity index (χ3v) is 4.80. The molecule has 3 aromatic heterocycles. The number of nitrogens with zero attached hydrogens (tertiary/aromatic N) is 5. The molecule has 0 atom stereocenters. The fraction of sp³-hybridized carbons (Fsp3) is 0.455.